The predicted octanol–water partition coefficient (Wildman–Crippen LogP) is 1.07. The Labute approximate surface area is 126 Å². The van der Waals surface area contributed by atoms with Gasteiger partial charge in [-0.15, -0.1) is 0 Å². The van der Waals surface area contributed by atoms with Crippen LogP contribution < -0.4 is 16.4 Å². The fraction of sp³-hybridized carbons (Fsp3) is 0.562. The molecule has 21 heavy (non-hydrogen) atoms. The van der Waals surface area contributed by atoms with Crippen molar-refractivity contribution in [2.75, 3.05) is 31.7 Å². The van der Waals surface area contributed by atoms with E-state index >= 15 is 0 Å². The van der Waals surface area contributed by atoms with E-state index in [1.807, 2.05) is 13.0 Å². The van der Waals surface area contributed by atoms with Gasteiger partial charge in [-0.1, -0.05) is 6.07 Å². The molecule has 0 bridgehead atoms. The van der Waals surface area contributed by atoms with Gasteiger partial charge < -0.3 is 21.1 Å². The van der Waals surface area contributed by atoms with E-state index in [1.54, 1.807) is 7.11 Å². The van der Waals surface area contributed by atoms with Crippen LogP contribution >= 0.6 is 0 Å². The minimum atomic E-state index is -0.364. The molecule has 0 spiro atoms. The van der Waals surface area contributed by atoms with Crippen molar-refractivity contribution in [2.45, 2.75) is 32.2 Å². The largest absolute Gasteiger partial charge is 0.385 e. The number of anilines is 1. The summed E-state index contributed by atoms with van der Waals surface area (Å²) in [5.41, 5.74) is 15.4. The minimum absolute atomic E-state index is 0.0722. The number of nitrogens with two attached hydrogens (primary N) is 2. The lowest BCUT2D eigenvalue weighted by Crippen LogP contribution is -2.26. The molecule has 0 saturated heterocycles. The van der Waals surface area contributed by atoms with Crippen molar-refractivity contribution in [1.82, 2.24) is 0 Å². The topological polar surface area (TPSA) is 81.6 Å². The molecule has 0 aromatic heterocycles. The highest BCUT2D eigenvalue weighted by molar-refractivity contribution is 6.00. The molecule has 0 unspecified atom stereocenters. The molecule has 1 amide bonds. The highest BCUT2D eigenvalue weighted by Crippen LogP contribution is 2.33. The fourth-order valence-electron chi connectivity index (χ4n) is 2.99. The molecule has 0 saturated carbocycles. The van der Waals surface area contributed by atoms with Crippen LogP contribution in [-0.2, 0) is 17.6 Å². The molecule has 0 radical (unpaired) electrons. The van der Waals surface area contributed by atoms with Crippen LogP contribution in [0.2, 0.25) is 0 Å². The number of primary amides is 1. The zero-order valence-electron chi connectivity index (χ0n) is 12.9. The van der Waals surface area contributed by atoms with Crippen molar-refractivity contribution >= 4 is 11.6 Å². The van der Waals surface area contributed by atoms with E-state index in [0.717, 1.165) is 50.2 Å². The van der Waals surface area contributed by atoms with E-state index in [-0.39, 0.29) is 11.9 Å². The van der Waals surface area contributed by atoms with Gasteiger partial charge in [0.05, 0.1) is 11.3 Å². The number of hydrogen-bond donors (Lipinski definition) is 2. The van der Waals surface area contributed by atoms with Gasteiger partial charge in [0.2, 0.25) is 0 Å². The molecule has 1 aliphatic heterocycles. The quantitative estimate of drug-likeness (QED) is 0.736. The first-order chi connectivity index (χ1) is 10.0. The molecule has 1 aliphatic rings. The molecule has 2 rings (SSSR count). The summed E-state index contributed by atoms with van der Waals surface area (Å²) in [5.74, 6) is -0.364. The summed E-state index contributed by atoms with van der Waals surface area (Å²) in [5, 5.41) is 0. The summed E-state index contributed by atoms with van der Waals surface area (Å²) in [6.07, 6.45) is 2.66. The number of ether oxygens (including phenoxy) is 1. The zero-order valence-corrected chi connectivity index (χ0v) is 12.9. The van der Waals surface area contributed by atoms with Crippen molar-refractivity contribution in [1.29, 1.82) is 0 Å². The van der Waals surface area contributed by atoms with Gasteiger partial charge >= 0.3 is 0 Å². The number of rotatable bonds is 7. The van der Waals surface area contributed by atoms with Crippen LogP contribution in [0.15, 0.2) is 12.1 Å². The Kier molecular flexibility index (Phi) is 5.20. The average molecular weight is 291 g/mol. The molecule has 1 aromatic rings. The van der Waals surface area contributed by atoms with E-state index in [2.05, 4.69) is 11.0 Å². The number of methoxy groups -OCH3 is 1. The molecule has 1 aromatic carbocycles. The Balaban J connectivity index is 2.28. The molecule has 5 nitrogen and oxygen atoms in total. The first-order valence-corrected chi connectivity index (χ1v) is 7.48. The Morgan fingerprint density at radius 2 is 2.24 bits per heavy atom. The lowest BCUT2D eigenvalue weighted by Gasteiger charge is -2.22. The van der Waals surface area contributed by atoms with Crippen LogP contribution in [0.25, 0.3) is 0 Å². The van der Waals surface area contributed by atoms with Crippen molar-refractivity contribution < 1.29 is 9.53 Å². The summed E-state index contributed by atoms with van der Waals surface area (Å²) >= 11 is 0. The second-order valence-corrected chi connectivity index (χ2v) is 5.78. The van der Waals surface area contributed by atoms with Gasteiger partial charge in [0.1, 0.15) is 0 Å². The summed E-state index contributed by atoms with van der Waals surface area (Å²) in [6, 6.07) is 4.14. The molecule has 116 valence electrons. The molecule has 5 heteroatoms. The third-order valence-electron chi connectivity index (χ3n) is 3.82. The Bertz CT molecular complexity index is 514. The lowest BCUT2D eigenvalue weighted by atomic mass is 9.98. The summed E-state index contributed by atoms with van der Waals surface area (Å²) in [7, 11) is 1.70. The first-order valence-electron chi connectivity index (χ1n) is 7.48. The van der Waals surface area contributed by atoms with Crippen LogP contribution in [0, 0.1) is 0 Å². The third kappa shape index (κ3) is 3.74. The maximum absolute atomic E-state index is 11.8. The van der Waals surface area contributed by atoms with Crippen molar-refractivity contribution in [3.63, 3.8) is 0 Å². The maximum atomic E-state index is 11.8. The Morgan fingerprint density at radius 1 is 1.48 bits per heavy atom. The van der Waals surface area contributed by atoms with Gasteiger partial charge in [-0.2, -0.15) is 0 Å². The average Bonchev–Trinajstić information content (AvgIpc) is 2.80. The predicted molar refractivity (Wildman–Crippen MR) is 84.7 cm³/mol. The van der Waals surface area contributed by atoms with Crippen molar-refractivity contribution in [2.24, 2.45) is 11.5 Å². The number of carbonyl (C=O) groups excluding carboxylic acids is 1. The molecule has 4 N–H and O–H groups in total. The molecule has 0 aliphatic carbocycles. The summed E-state index contributed by atoms with van der Waals surface area (Å²) in [6.45, 7) is 4.50. The Morgan fingerprint density at radius 3 is 2.86 bits per heavy atom. The first kappa shape index (κ1) is 15.8. The smallest absolute Gasteiger partial charge is 0.250 e. The zero-order chi connectivity index (χ0) is 15.4. The van der Waals surface area contributed by atoms with Crippen molar-refractivity contribution in [3.8, 4) is 0 Å². The van der Waals surface area contributed by atoms with E-state index in [0.29, 0.717) is 5.56 Å². The maximum Gasteiger partial charge on any atom is 0.250 e. The van der Waals surface area contributed by atoms with E-state index in [4.69, 9.17) is 16.2 Å². The van der Waals surface area contributed by atoms with Crippen molar-refractivity contribution in [3.05, 3.63) is 28.8 Å². The number of fused-ring (bicyclic) bond motifs is 1. The minimum Gasteiger partial charge on any atom is -0.385 e. The molecule has 0 fully saturated rings. The number of hydrogen-bond acceptors (Lipinski definition) is 4. The van der Waals surface area contributed by atoms with Crippen LogP contribution in [0.5, 0.6) is 0 Å². The lowest BCUT2D eigenvalue weighted by molar-refractivity contribution is 0.100. The monoisotopic (exact) mass is 291 g/mol. The molecular formula is C16H25N3O2. The Hall–Kier alpha value is -1.59. The van der Waals surface area contributed by atoms with Crippen LogP contribution in [0.3, 0.4) is 0 Å². The van der Waals surface area contributed by atoms with Gasteiger partial charge in [-0.05, 0) is 43.4 Å². The molecular weight excluding hydrogens is 266 g/mol. The highest BCUT2D eigenvalue weighted by atomic mass is 16.5. The van der Waals surface area contributed by atoms with Crippen LogP contribution in [-0.4, -0.2) is 38.8 Å². The number of amides is 1. The van der Waals surface area contributed by atoms with E-state index < -0.39 is 0 Å². The molecule has 1 atom stereocenters. The van der Waals surface area contributed by atoms with Gasteiger partial charge in [-0.25, -0.2) is 0 Å². The summed E-state index contributed by atoms with van der Waals surface area (Å²) < 4.78 is 5.10. The fourth-order valence-corrected chi connectivity index (χ4v) is 2.99. The highest BCUT2D eigenvalue weighted by Gasteiger charge is 2.25. The van der Waals surface area contributed by atoms with Gasteiger partial charge in [-0.3, -0.25) is 4.79 Å². The summed E-state index contributed by atoms with van der Waals surface area (Å²) in [4.78, 5) is 14.1. The number of carbonyl (C=O) groups is 1. The standard InChI is InChI=1S/C16H25N3O2/c1-11(17)8-12-9-13-4-6-19(5-3-7-21-2)15(13)14(10-12)16(18)20/h9-11H,3-8,17H2,1-2H3,(H2,18,20)/t11-/m1/s1. The van der Waals surface area contributed by atoms with Gasteiger partial charge in [0, 0.05) is 32.8 Å². The second kappa shape index (κ2) is 6.91. The van der Waals surface area contributed by atoms with Gasteiger partial charge in [0.15, 0.2) is 0 Å². The second-order valence-electron chi connectivity index (χ2n) is 5.78. The molecule has 1 heterocycles. The number of nitrogens with zero attached hydrogens (tertiary/aromatic N) is 1. The van der Waals surface area contributed by atoms with E-state index in [9.17, 15) is 4.79 Å². The van der Waals surface area contributed by atoms with Crippen LogP contribution in [0.1, 0.15) is 34.8 Å². The SMILES string of the molecule is COCCCN1CCc2cc(C[C@@H](C)N)cc(C(N)=O)c21. The van der Waals surface area contributed by atoms with E-state index in [1.165, 1.54) is 5.56 Å². The normalized spacial score (nSPS) is 15.1. The third-order valence-corrected chi connectivity index (χ3v) is 3.82. The van der Waals surface area contributed by atoms with Crippen LogP contribution in [0.4, 0.5) is 5.69 Å². The number of benzene rings is 1. The van der Waals surface area contributed by atoms with Gasteiger partial charge in [0.25, 0.3) is 5.91 Å².